The fraction of sp³-hybridized carbons (Fsp3) is 1.00. The first-order valence-corrected chi connectivity index (χ1v) is 7.13. The Kier molecular flexibility index (Phi) is 4.45. The van der Waals surface area contributed by atoms with Crippen LogP contribution < -0.4 is 5.32 Å². The molecule has 2 heterocycles. The van der Waals surface area contributed by atoms with E-state index in [9.17, 15) is 0 Å². The summed E-state index contributed by atoms with van der Waals surface area (Å²) in [4.78, 5) is 0. The minimum atomic E-state index is 0.0328. The molecule has 0 aromatic heterocycles. The highest BCUT2D eigenvalue weighted by molar-refractivity contribution is 4.93. The zero-order valence-electron chi connectivity index (χ0n) is 11.5. The molecule has 3 heteroatoms. The Labute approximate surface area is 105 Å². The molecule has 4 unspecified atom stereocenters. The van der Waals surface area contributed by atoms with Gasteiger partial charge in [0, 0.05) is 31.7 Å². The number of hydrogen-bond donors (Lipinski definition) is 1. The maximum absolute atomic E-state index is 5.96. The Hall–Kier alpha value is -0.120. The van der Waals surface area contributed by atoms with Crippen molar-refractivity contribution in [2.75, 3.05) is 19.8 Å². The lowest BCUT2D eigenvalue weighted by Crippen LogP contribution is -2.50. The molecule has 2 fully saturated rings. The molecular weight excluding hydrogens is 214 g/mol. The van der Waals surface area contributed by atoms with Crippen LogP contribution in [0.2, 0.25) is 0 Å². The summed E-state index contributed by atoms with van der Waals surface area (Å²) < 4.78 is 11.5. The normalized spacial score (nSPS) is 37.2. The van der Waals surface area contributed by atoms with Gasteiger partial charge in [-0.25, -0.2) is 0 Å². The van der Waals surface area contributed by atoms with Crippen molar-refractivity contribution in [1.29, 1.82) is 0 Å². The standard InChI is InChI=1S/C14H27NO2/c1-4-11(2)12(3)15-13-5-7-17-14(9-13)6-8-16-10-14/h11-13,15H,4-10H2,1-3H3. The monoisotopic (exact) mass is 241 g/mol. The first kappa shape index (κ1) is 13.3. The van der Waals surface area contributed by atoms with E-state index in [1.54, 1.807) is 0 Å². The van der Waals surface area contributed by atoms with Crippen LogP contribution in [0.15, 0.2) is 0 Å². The summed E-state index contributed by atoms with van der Waals surface area (Å²) in [5.41, 5.74) is 0.0328. The first-order chi connectivity index (χ1) is 8.15. The van der Waals surface area contributed by atoms with Crippen LogP contribution in [0, 0.1) is 5.92 Å². The predicted octanol–water partition coefficient (Wildman–Crippen LogP) is 2.35. The molecule has 1 N–H and O–H groups in total. The number of ether oxygens (including phenoxy) is 2. The quantitative estimate of drug-likeness (QED) is 0.819. The van der Waals surface area contributed by atoms with E-state index in [1.807, 2.05) is 0 Å². The van der Waals surface area contributed by atoms with E-state index in [2.05, 4.69) is 26.1 Å². The van der Waals surface area contributed by atoms with E-state index in [4.69, 9.17) is 9.47 Å². The van der Waals surface area contributed by atoms with Crippen LogP contribution in [-0.2, 0) is 9.47 Å². The molecule has 1 spiro atoms. The summed E-state index contributed by atoms with van der Waals surface area (Å²) in [5, 5.41) is 3.79. The maximum atomic E-state index is 5.96. The SMILES string of the molecule is CCC(C)C(C)NC1CCOC2(CCOC2)C1. The minimum Gasteiger partial charge on any atom is -0.378 e. The van der Waals surface area contributed by atoms with Gasteiger partial charge in [0.1, 0.15) is 0 Å². The first-order valence-electron chi connectivity index (χ1n) is 7.13. The molecule has 0 aliphatic carbocycles. The van der Waals surface area contributed by atoms with E-state index >= 15 is 0 Å². The summed E-state index contributed by atoms with van der Waals surface area (Å²) in [6.07, 6.45) is 4.57. The highest BCUT2D eigenvalue weighted by Crippen LogP contribution is 2.33. The number of rotatable bonds is 4. The predicted molar refractivity (Wildman–Crippen MR) is 69.2 cm³/mol. The molecule has 2 aliphatic rings. The molecule has 0 aromatic carbocycles. The van der Waals surface area contributed by atoms with E-state index in [0.717, 1.165) is 45.0 Å². The van der Waals surface area contributed by atoms with Gasteiger partial charge in [-0.3, -0.25) is 0 Å². The molecule has 0 radical (unpaired) electrons. The lowest BCUT2D eigenvalue weighted by Gasteiger charge is -2.39. The van der Waals surface area contributed by atoms with Gasteiger partial charge in [-0.1, -0.05) is 20.3 Å². The number of nitrogens with one attached hydrogen (secondary N) is 1. The van der Waals surface area contributed by atoms with Gasteiger partial charge in [0.05, 0.1) is 12.2 Å². The molecule has 4 atom stereocenters. The average Bonchev–Trinajstić information content (AvgIpc) is 2.76. The molecule has 0 amide bonds. The fourth-order valence-corrected chi connectivity index (χ4v) is 2.92. The lowest BCUT2D eigenvalue weighted by molar-refractivity contribution is -0.0906. The van der Waals surface area contributed by atoms with Crippen LogP contribution in [0.25, 0.3) is 0 Å². The largest absolute Gasteiger partial charge is 0.378 e. The van der Waals surface area contributed by atoms with Gasteiger partial charge in [-0.05, 0) is 25.7 Å². The Morgan fingerprint density at radius 3 is 2.82 bits per heavy atom. The van der Waals surface area contributed by atoms with Crippen molar-refractivity contribution in [2.24, 2.45) is 5.92 Å². The number of hydrogen-bond acceptors (Lipinski definition) is 3. The van der Waals surface area contributed by atoms with Crippen molar-refractivity contribution in [1.82, 2.24) is 5.32 Å². The summed E-state index contributed by atoms with van der Waals surface area (Å²) in [6, 6.07) is 1.21. The van der Waals surface area contributed by atoms with E-state index < -0.39 is 0 Å². The topological polar surface area (TPSA) is 30.5 Å². The lowest BCUT2D eigenvalue weighted by atomic mass is 9.88. The molecular formula is C14H27NO2. The van der Waals surface area contributed by atoms with Crippen LogP contribution in [0.4, 0.5) is 0 Å². The van der Waals surface area contributed by atoms with E-state index in [0.29, 0.717) is 12.1 Å². The van der Waals surface area contributed by atoms with E-state index in [-0.39, 0.29) is 5.60 Å². The molecule has 100 valence electrons. The molecule has 3 nitrogen and oxygen atoms in total. The summed E-state index contributed by atoms with van der Waals surface area (Å²) in [6.45, 7) is 9.44. The van der Waals surface area contributed by atoms with Crippen molar-refractivity contribution in [3.05, 3.63) is 0 Å². The Balaban J connectivity index is 1.85. The van der Waals surface area contributed by atoms with Gasteiger partial charge in [0.15, 0.2) is 0 Å². The molecule has 2 aliphatic heterocycles. The summed E-state index contributed by atoms with van der Waals surface area (Å²) in [7, 11) is 0. The zero-order chi connectivity index (χ0) is 12.3. The van der Waals surface area contributed by atoms with Gasteiger partial charge in [-0.15, -0.1) is 0 Å². The van der Waals surface area contributed by atoms with Crippen molar-refractivity contribution < 1.29 is 9.47 Å². The fourth-order valence-electron chi connectivity index (χ4n) is 2.92. The second-order valence-corrected chi connectivity index (χ2v) is 5.86. The third-order valence-corrected chi connectivity index (χ3v) is 4.56. The van der Waals surface area contributed by atoms with Crippen LogP contribution in [-0.4, -0.2) is 37.5 Å². The molecule has 0 bridgehead atoms. The zero-order valence-corrected chi connectivity index (χ0v) is 11.5. The molecule has 2 saturated heterocycles. The molecule has 2 rings (SSSR count). The maximum Gasteiger partial charge on any atom is 0.0951 e. The highest BCUT2D eigenvalue weighted by Gasteiger charge is 2.41. The summed E-state index contributed by atoms with van der Waals surface area (Å²) >= 11 is 0. The van der Waals surface area contributed by atoms with Gasteiger partial charge >= 0.3 is 0 Å². The Morgan fingerprint density at radius 1 is 1.35 bits per heavy atom. The Morgan fingerprint density at radius 2 is 2.18 bits per heavy atom. The van der Waals surface area contributed by atoms with Crippen LogP contribution in [0.3, 0.4) is 0 Å². The van der Waals surface area contributed by atoms with Crippen molar-refractivity contribution >= 4 is 0 Å². The van der Waals surface area contributed by atoms with Crippen LogP contribution in [0.5, 0.6) is 0 Å². The summed E-state index contributed by atoms with van der Waals surface area (Å²) in [5.74, 6) is 0.744. The van der Waals surface area contributed by atoms with Gasteiger partial charge in [0.25, 0.3) is 0 Å². The molecule has 0 aromatic rings. The Bertz CT molecular complexity index is 238. The van der Waals surface area contributed by atoms with Crippen molar-refractivity contribution in [3.63, 3.8) is 0 Å². The van der Waals surface area contributed by atoms with Crippen molar-refractivity contribution in [2.45, 2.75) is 64.1 Å². The van der Waals surface area contributed by atoms with Gasteiger partial charge in [0.2, 0.25) is 0 Å². The smallest absolute Gasteiger partial charge is 0.0951 e. The van der Waals surface area contributed by atoms with Crippen LogP contribution in [0.1, 0.15) is 46.5 Å². The van der Waals surface area contributed by atoms with Gasteiger partial charge < -0.3 is 14.8 Å². The second kappa shape index (κ2) is 5.68. The van der Waals surface area contributed by atoms with Crippen LogP contribution >= 0.6 is 0 Å². The van der Waals surface area contributed by atoms with E-state index in [1.165, 1.54) is 6.42 Å². The highest BCUT2D eigenvalue weighted by atomic mass is 16.6. The third-order valence-electron chi connectivity index (χ3n) is 4.56. The minimum absolute atomic E-state index is 0.0328. The molecule has 17 heavy (non-hydrogen) atoms. The second-order valence-electron chi connectivity index (χ2n) is 5.86. The third kappa shape index (κ3) is 3.21. The van der Waals surface area contributed by atoms with Crippen molar-refractivity contribution in [3.8, 4) is 0 Å². The molecule has 0 saturated carbocycles. The average molecular weight is 241 g/mol. The van der Waals surface area contributed by atoms with Gasteiger partial charge in [-0.2, -0.15) is 0 Å².